The molecule has 0 aromatic heterocycles. The van der Waals surface area contributed by atoms with Gasteiger partial charge in [-0.1, -0.05) is 18.2 Å². The Bertz CT molecular complexity index is 984. The van der Waals surface area contributed by atoms with Gasteiger partial charge < -0.3 is 10.6 Å². The lowest BCUT2D eigenvalue weighted by atomic mass is 10.1. The predicted molar refractivity (Wildman–Crippen MR) is 101 cm³/mol. The summed E-state index contributed by atoms with van der Waals surface area (Å²) >= 11 is 0. The number of amides is 2. The second-order valence-corrected chi connectivity index (χ2v) is 8.36. The van der Waals surface area contributed by atoms with Gasteiger partial charge in [0.05, 0.1) is 4.90 Å². The van der Waals surface area contributed by atoms with E-state index in [4.69, 9.17) is 5.73 Å². The monoisotopic (exact) mass is 387 g/mol. The van der Waals surface area contributed by atoms with E-state index in [2.05, 4.69) is 4.72 Å². The summed E-state index contributed by atoms with van der Waals surface area (Å²) in [6.07, 6.45) is 1.68. The van der Waals surface area contributed by atoms with Crippen molar-refractivity contribution in [3.8, 4) is 0 Å². The lowest BCUT2D eigenvalue weighted by Crippen LogP contribution is -2.28. The summed E-state index contributed by atoms with van der Waals surface area (Å²) in [5, 5.41) is 0. The van der Waals surface area contributed by atoms with Crippen molar-refractivity contribution >= 4 is 21.8 Å². The van der Waals surface area contributed by atoms with Crippen LogP contribution in [0, 0.1) is 0 Å². The van der Waals surface area contributed by atoms with Crippen molar-refractivity contribution in [1.29, 1.82) is 0 Å². The number of sulfonamides is 1. The Morgan fingerprint density at radius 1 is 1.11 bits per heavy atom. The molecule has 0 heterocycles. The number of hydrogen-bond acceptors (Lipinski definition) is 4. The Kier molecular flexibility index (Phi) is 5.29. The summed E-state index contributed by atoms with van der Waals surface area (Å²) in [4.78, 5) is 25.5. The van der Waals surface area contributed by atoms with E-state index in [-0.39, 0.29) is 29.0 Å². The van der Waals surface area contributed by atoms with Crippen LogP contribution in [0.5, 0.6) is 0 Å². The predicted octanol–water partition coefficient (Wildman–Crippen LogP) is 1.50. The molecular formula is C19H21N3O4S. The van der Waals surface area contributed by atoms with Gasteiger partial charge in [0.15, 0.2) is 0 Å². The SMILES string of the molecule is CN(Cc1cccc(C(N)=O)c1)C(=O)c1cccc(S(=O)(=O)NC2CC2)c1. The fourth-order valence-electron chi connectivity index (χ4n) is 2.67. The van der Waals surface area contributed by atoms with E-state index < -0.39 is 15.9 Å². The van der Waals surface area contributed by atoms with Crippen molar-refractivity contribution in [3.05, 3.63) is 65.2 Å². The van der Waals surface area contributed by atoms with Crippen LogP contribution >= 0.6 is 0 Å². The molecular weight excluding hydrogens is 366 g/mol. The molecule has 1 aliphatic carbocycles. The number of benzene rings is 2. The lowest BCUT2D eigenvalue weighted by molar-refractivity contribution is 0.0785. The zero-order valence-electron chi connectivity index (χ0n) is 14.9. The van der Waals surface area contributed by atoms with E-state index in [0.717, 1.165) is 18.4 Å². The van der Waals surface area contributed by atoms with Gasteiger partial charge in [0.1, 0.15) is 0 Å². The van der Waals surface area contributed by atoms with E-state index in [1.807, 2.05) is 0 Å². The molecule has 3 N–H and O–H groups in total. The highest BCUT2D eigenvalue weighted by Crippen LogP contribution is 2.22. The Labute approximate surface area is 158 Å². The molecule has 0 bridgehead atoms. The molecule has 1 fully saturated rings. The van der Waals surface area contributed by atoms with Gasteiger partial charge in [-0.3, -0.25) is 9.59 Å². The zero-order valence-corrected chi connectivity index (χ0v) is 15.7. The van der Waals surface area contributed by atoms with Gasteiger partial charge in [0, 0.05) is 30.8 Å². The molecule has 27 heavy (non-hydrogen) atoms. The third kappa shape index (κ3) is 4.72. The van der Waals surface area contributed by atoms with Crippen molar-refractivity contribution in [2.45, 2.75) is 30.3 Å². The van der Waals surface area contributed by atoms with Crippen LogP contribution in [-0.2, 0) is 16.6 Å². The maximum Gasteiger partial charge on any atom is 0.253 e. The molecule has 0 atom stereocenters. The van der Waals surface area contributed by atoms with E-state index in [1.54, 1.807) is 43.4 Å². The summed E-state index contributed by atoms with van der Waals surface area (Å²) in [6.45, 7) is 0.261. The second-order valence-electron chi connectivity index (χ2n) is 6.65. The lowest BCUT2D eigenvalue weighted by Gasteiger charge is -2.18. The first-order valence-electron chi connectivity index (χ1n) is 8.53. The van der Waals surface area contributed by atoms with E-state index in [9.17, 15) is 18.0 Å². The molecule has 0 unspecified atom stereocenters. The first-order chi connectivity index (χ1) is 12.8. The number of carbonyl (C=O) groups excluding carboxylic acids is 2. The first-order valence-corrected chi connectivity index (χ1v) is 10.0. The number of primary amides is 1. The van der Waals surface area contributed by atoms with Crippen LogP contribution < -0.4 is 10.5 Å². The third-order valence-electron chi connectivity index (χ3n) is 4.27. The molecule has 2 aromatic rings. The molecule has 7 nitrogen and oxygen atoms in total. The minimum atomic E-state index is -3.62. The molecule has 1 aliphatic rings. The molecule has 1 saturated carbocycles. The molecule has 3 rings (SSSR count). The summed E-state index contributed by atoms with van der Waals surface area (Å²) in [6, 6.07) is 12.7. The number of nitrogens with two attached hydrogens (primary N) is 1. The first kappa shape index (κ1) is 19.1. The van der Waals surface area contributed by atoms with Crippen LogP contribution in [0.4, 0.5) is 0 Å². The molecule has 0 aliphatic heterocycles. The number of rotatable bonds is 7. The highest BCUT2D eigenvalue weighted by Gasteiger charge is 2.28. The van der Waals surface area contributed by atoms with Crippen LogP contribution in [0.15, 0.2) is 53.4 Å². The largest absolute Gasteiger partial charge is 0.366 e. The third-order valence-corrected chi connectivity index (χ3v) is 5.79. The smallest absolute Gasteiger partial charge is 0.253 e. The Hall–Kier alpha value is -2.71. The topological polar surface area (TPSA) is 110 Å². The van der Waals surface area contributed by atoms with Crippen LogP contribution in [0.2, 0.25) is 0 Å². The van der Waals surface area contributed by atoms with Crippen LogP contribution in [0.3, 0.4) is 0 Å². The normalized spacial score (nSPS) is 14.0. The van der Waals surface area contributed by atoms with Gasteiger partial charge in [0.2, 0.25) is 15.9 Å². The zero-order chi connectivity index (χ0) is 19.6. The average molecular weight is 387 g/mol. The fourth-order valence-corrected chi connectivity index (χ4v) is 4.02. The van der Waals surface area contributed by atoms with Gasteiger partial charge in [-0.05, 0) is 48.7 Å². The summed E-state index contributed by atoms with van der Waals surface area (Å²) in [5.74, 6) is -0.852. The van der Waals surface area contributed by atoms with Crippen molar-refractivity contribution in [2.24, 2.45) is 5.73 Å². The van der Waals surface area contributed by atoms with Gasteiger partial charge >= 0.3 is 0 Å². The minimum Gasteiger partial charge on any atom is -0.366 e. The number of carbonyl (C=O) groups is 2. The number of nitrogens with zero attached hydrogens (tertiary/aromatic N) is 1. The second kappa shape index (κ2) is 7.50. The van der Waals surface area contributed by atoms with Gasteiger partial charge in [-0.15, -0.1) is 0 Å². The molecule has 8 heteroatoms. The summed E-state index contributed by atoms with van der Waals surface area (Å²) in [5.41, 5.74) is 6.68. The highest BCUT2D eigenvalue weighted by atomic mass is 32.2. The molecule has 0 spiro atoms. The Morgan fingerprint density at radius 2 is 1.78 bits per heavy atom. The molecule has 0 saturated heterocycles. The quantitative estimate of drug-likeness (QED) is 0.750. The average Bonchev–Trinajstić information content (AvgIpc) is 3.44. The minimum absolute atomic E-state index is 0.00503. The molecule has 2 aromatic carbocycles. The van der Waals surface area contributed by atoms with Gasteiger partial charge in [-0.25, -0.2) is 13.1 Å². The van der Waals surface area contributed by atoms with Crippen molar-refractivity contribution in [2.75, 3.05) is 7.05 Å². The Balaban J connectivity index is 1.76. The van der Waals surface area contributed by atoms with E-state index in [0.29, 0.717) is 5.56 Å². The maximum atomic E-state index is 12.7. The molecule has 142 valence electrons. The maximum absolute atomic E-state index is 12.7. The fraction of sp³-hybridized carbons (Fsp3) is 0.263. The van der Waals surface area contributed by atoms with Crippen molar-refractivity contribution in [3.63, 3.8) is 0 Å². The van der Waals surface area contributed by atoms with Crippen LogP contribution in [0.25, 0.3) is 0 Å². The van der Waals surface area contributed by atoms with Crippen molar-refractivity contribution in [1.82, 2.24) is 9.62 Å². The van der Waals surface area contributed by atoms with Crippen LogP contribution in [0.1, 0.15) is 39.1 Å². The number of hydrogen-bond donors (Lipinski definition) is 2. The Morgan fingerprint density at radius 3 is 2.44 bits per heavy atom. The van der Waals surface area contributed by atoms with Gasteiger partial charge in [0.25, 0.3) is 5.91 Å². The van der Waals surface area contributed by atoms with E-state index in [1.165, 1.54) is 17.0 Å². The molecule has 2 amide bonds. The van der Waals surface area contributed by atoms with Gasteiger partial charge in [-0.2, -0.15) is 0 Å². The number of nitrogens with one attached hydrogen (secondary N) is 1. The summed E-state index contributed by atoms with van der Waals surface area (Å²) < 4.78 is 27.3. The summed E-state index contributed by atoms with van der Waals surface area (Å²) in [7, 11) is -2.01. The van der Waals surface area contributed by atoms with Crippen LogP contribution in [-0.4, -0.2) is 38.2 Å². The highest BCUT2D eigenvalue weighted by molar-refractivity contribution is 7.89. The van der Waals surface area contributed by atoms with E-state index >= 15 is 0 Å². The van der Waals surface area contributed by atoms with Crippen molar-refractivity contribution < 1.29 is 18.0 Å². The molecule has 0 radical (unpaired) electrons. The standard InChI is InChI=1S/C19H21N3O4S/c1-22(12-13-4-2-5-14(10-13)18(20)23)19(24)15-6-3-7-17(11-15)27(25,26)21-16-8-9-16/h2-7,10-11,16,21H,8-9,12H2,1H3,(H2,20,23).